The van der Waals surface area contributed by atoms with E-state index in [4.69, 9.17) is 0 Å². The van der Waals surface area contributed by atoms with Gasteiger partial charge in [-0.2, -0.15) is 0 Å². The van der Waals surface area contributed by atoms with Crippen molar-refractivity contribution in [1.82, 2.24) is 14.4 Å². The third-order valence-electron chi connectivity index (χ3n) is 5.43. The van der Waals surface area contributed by atoms with Crippen molar-refractivity contribution in [2.24, 2.45) is 5.41 Å². The topological polar surface area (TPSA) is 31.6 Å². The molecule has 2 heterocycles. The molecule has 0 bridgehead atoms. The van der Waals surface area contributed by atoms with E-state index in [1.54, 1.807) is 0 Å². The molecule has 1 aromatic heterocycles. The number of aliphatic hydroxyl groups is 1. The van der Waals surface area contributed by atoms with Gasteiger partial charge in [0.2, 0.25) is 0 Å². The van der Waals surface area contributed by atoms with Gasteiger partial charge in [0, 0.05) is 69.0 Å². The van der Waals surface area contributed by atoms with Crippen molar-refractivity contribution in [3.63, 3.8) is 0 Å². The van der Waals surface area contributed by atoms with Crippen molar-refractivity contribution in [2.75, 3.05) is 32.8 Å². The smallest absolute Gasteiger partial charge is 0.0483 e. The predicted octanol–water partition coefficient (Wildman–Crippen LogP) is 3.58. The second kappa shape index (κ2) is 8.12. The Labute approximate surface area is 158 Å². The summed E-state index contributed by atoms with van der Waals surface area (Å²) in [6, 6.07) is 9.19. The Morgan fingerprint density at radius 1 is 1.15 bits per heavy atom. The Bertz CT molecular complexity index is 716. The van der Waals surface area contributed by atoms with E-state index in [0.29, 0.717) is 11.5 Å². The number of fused-ring (bicyclic) bond motifs is 1. The molecule has 1 atom stereocenters. The van der Waals surface area contributed by atoms with Crippen LogP contribution in [0.4, 0.5) is 0 Å². The van der Waals surface area contributed by atoms with Crippen LogP contribution in [0, 0.1) is 5.41 Å². The number of nitrogens with zero attached hydrogens (tertiary/aromatic N) is 3. The minimum atomic E-state index is 0.272. The first-order chi connectivity index (χ1) is 12.4. The molecule has 1 aromatic carbocycles. The third kappa shape index (κ3) is 4.48. The van der Waals surface area contributed by atoms with Crippen LogP contribution < -0.4 is 0 Å². The first-order valence-corrected chi connectivity index (χ1v) is 10.1. The number of hydrogen-bond acceptors (Lipinski definition) is 3. The average molecular weight is 358 g/mol. The van der Waals surface area contributed by atoms with Crippen LogP contribution in [0.5, 0.6) is 0 Å². The fourth-order valence-electron chi connectivity index (χ4n) is 4.29. The summed E-state index contributed by atoms with van der Waals surface area (Å²) in [6.07, 6.45) is 3.19. The lowest BCUT2D eigenvalue weighted by Gasteiger charge is -2.44. The van der Waals surface area contributed by atoms with E-state index in [2.05, 4.69) is 72.5 Å². The number of aryl methyl sites for hydroxylation is 1. The van der Waals surface area contributed by atoms with Gasteiger partial charge in [-0.15, -0.1) is 0 Å². The Balaban J connectivity index is 1.73. The number of aromatic nitrogens is 1. The van der Waals surface area contributed by atoms with Gasteiger partial charge in [0.05, 0.1) is 0 Å². The lowest BCUT2D eigenvalue weighted by molar-refractivity contribution is 0.0341. The van der Waals surface area contributed by atoms with Gasteiger partial charge in [0.1, 0.15) is 0 Å². The molecular formula is C22H35N3O. The highest BCUT2D eigenvalue weighted by atomic mass is 16.3. The summed E-state index contributed by atoms with van der Waals surface area (Å²) in [4.78, 5) is 5.16. The minimum Gasteiger partial charge on any atom is -0.396 e. The van der Waals surface area contributed by atoms with Gasteiger partial charge in [0.25, 0.3) is 0 Å². The molecule has 26 heavy (non-hydrogen) atoms. The van der Waals surface area contributed by atoms with E-state index in [9.17, 15) is 5.11 Å². The first kappa shape index (κ1) is 19.4. The molecule has 144 valence electrons. The van der Waals surface area contributed by atoms with Crippen molar-refractivity contribution in [3.8, 4) is 0 Å². The Kier molecular flexibility index (Phi) is 6.06. The number of rotatable bonds is 6. The standard InChI is InChI=1S/C22H35N3O/c1-5-24-15-18(20-8-6-7-9-21(20)24)14-23-11-12-25(17-22(2,3)4)19(16-23)10-13-26/h6-9,15,19,26H,5,10-14,16-17H2,1-4H3/t19-/m0/s1. The zero-order valence-electron chi connectivity index (χ0n) is 16.9. The lowest BCUT2D eigenvalue weighted by Crippen LogP contribution is -2.54. The van der Waals surface area contributed by atoms with E-state index in [1.165, 1.54) is 16.5 Å². The quantitative estimate of drug-likeness (QED) is 0.857. The van der Waals surface area contributed by atoms with Gasteiger partial charge in [-0.05, 0) is 30.4 Å². The van der Waals surface area contributed by atoms with Crippen LogP contribution in [0.2, 0.25) is 0 Å². The van der Waals surface area contributed by atoms with Gasteiger partial charge in [-0.3, -0.25) is 9.80 Å². The molecule has 1 fully saturated rings. The SMILES string of the molecule is CCn1cc(CN2CCN(CC(C)(C)C)[C@@H](CCO)C2)c2ccccc21. The molecule has 2 aromatic rings. The average Bonchev–Trinajstić information content (AvgIpc) is 2.94. The molecule has 3 rings (SSSR count). The number of benzene rings is 1. The summed E-state index contributed by atoms with van der Waals surface area (Å²) >= 11 is 0. The number of hydrogen-bond donors (Lipinski definition) is 1. The van der Waals surface area contributed by atoms with Crippen LogP contribution in [-0.2, 0) is 13.1 Å². The zero-order valence-corrected chi connectivity index (χ0v) is 16.9. The van der Waals surface area contributed by atoms with Crippen LogP contribution >= 0.6 is 0 Å². The largest absolute Gasteiger partial charge is 0.396 e. The molecule has 1 aliphatic heterocycles. The fourth-order valence-corrected chi connectivity index (χ4v) is 4.29. The summed E-state index contributed by atoms with van der Waals surface area (Å²) in [5, 5.41) is 10.9. The van der Waals surface area contributed by atoms with E-state index < -0.39 is 0 Å². The van der Waals surface area contributed by atoms with Crippen LogP contribution in [0.3, 0.4) is 0 Å². The predicted molar refractivity (Wildman–Crippen MR) is 109 cm³/mol. The molecule has 0 unspecified atom stereocenters. The van der Waals surface area contributed by atoms with Gasteiger partial charge in [0.15, 0.2) is 0 Å². The summed E-state index contributed by atoms with van der Waals surface area (Å²) in [5.41, 5.74) is 3.06. The molecule has 4 nitrogen and oxygen atoms in total. The van der Waals surface area contributed by atoms with E-state index in [0.717, 1.165) is 45.7 Å². The third-order valence-corrected chi connectivity index (χ3v) is 5.43. The zero-order chi connectivity index (χ0) is 18.7. The van der Waals surface area contributed by atoms with Gasteiger partial charge in [-0.25, -0.2) is 0 Å². The number of para-hydroxylation sites is 1. The molecule has 0 aliphatic carbocycles. The highest BCUT2D eigenvalue weighted by Crippen LogP contribution is 2.25. The maximum absolute atomic E-state index is 9.54. The maximum Gasteiger partial charge on any atom is 0.0483 e. The van der Waals surface area contributed by atoms with Gasteiger partial charge >= 0.3 is 0 Å². The molecular weight excluding hydrogens is 322 g/mol. The molecule has 0 radical (unpaired) electrons. The first-order valence-electron chi connectivity index (χ1n) is 10.1. The fraction of sp³-hybridized carbons (Fsp3) is 0.636. The number of piperazine rings is 1. The van der Waals surface area contributed by atoms with Crippen LogP contribution in [0.1, 0.15) is 39.7 Å². The van der Waals surface area contributed by atoms with Crippen LogP contribution in [-0.4, -0.2) is 58.3 Å². The molecule has 0 amide bonds. The van der Waals surface area contributed by atoms with E-state index in [-0.39, 0.29) is 6.61 Å². The second-order valence-electron chi connectivity index (χ2n) is 8.89. The molecule has 1 aliphatic rings. The summed E-state index contributed by atoms with van der Waals surface area (Å²) in [5.74, 6) is 0. The van der Waals surface area contributed by atoms with Gasteiger partial charge in [-0.1, -0.05) is 39.0 Å². The minimum absolute atomic E-state index is 0.272. The second-order valence-corrected chi connectivity index (χ2v) is 8.89. The van der Waals surface area contributed by atoms with Gasteiger partial charge < -0.3 is 9.67 Å². The van der Waals surface area contributed by atoms with Crippen molar-refractivity contribution >= 4 is 10.9 Å². The molecule has 1 N–H and O–H groups in total. The van der Waals surface area contributed by atoms with E-state index >= 15 is 0 Å². The van der Waals surface area contributed by atoms with Crippen molar-refractivity contribution in [1.29, 1.82) is 0 Å². The van der Waals surface area contributed by atoms with E-state index in [1.807, 2.05) is 0 Å². The molecule has 0 spiro atoms. The normalized spacial score (nSPS) is 20.1. The summed E-state index contributed by atoms with van der Waals surface area (Å²) in [6.45, 7) is 15.7. The number of aliphatic hydroxyl groups excluding tert-OH is 1. The van der Waals surface area contributed by atoms with Crippen molar-refractivity contribution in [2.45, 2.75) is 53.2 Å². The molecule has 1 saturated heterocycles. The molecule has 0 saturated carbocycles. The van der Waals surface area contributed by atoms with Crippen molar-refractivity contribution < 1.29 is 5.11 Å². The monoisotopic (exact) mass is 357 g/mol. The maximum atomic E-state index is 9.54. The Morgan fingerprint density at radius 2 is 1.92 bits per heavy atom. The Hall–Kier alpha value is -1.36. The summed E-state index contributed by atoms with van der Waals surface area (Å²) in [7, 11) is 0. The van der Waals surface area contributed by atoms with Crippen LogP contribution in [0.25, 0.3) is 10.9 Å². The Morgan fingerprint density at radius 3 is 2.62 bits per heavy atom. The highest BCUT2D eigenvalue weighted by Gasteiger charge is 2.29. The highest BCUT2D eigenvalue weighted by molar-refractivity contribution is 5.83. The van der Waals surface area contributed by atoms with Crippen molar-refractivity contribution in [3.05, 3.63) is 36.0 Å². The lowest BCUT2D eigenvalue weighted by atomic mass is 9.94. The molecule has 4 heteroatoms. The van der Waals surface area contributed by atoms with Crippen LogP contribution in [0.15, 0.2) is 30.5 Å². The summed E-state index contributed by atoms with van der Waals surface area (Å²) < 4.78 is 2.35.